The number of hydrogen-bond acceptors (Lipinski definition) is 3. The highest BCUT2D eigenvalue weighted by molar-refractivity contribution is 7.12. The molecule has 0 fully saturated rings. The maximum Gasteiger partial charge on any atom is 0.261 e. The summed E-state index contributed by atoms with van der Waals surface area (Å²) in [5.41, 5.74) is 2.37. The van der Waals surface area contributed by atoms with Crippen LogP contribution in [0.15, 0.2) is 22.9 Å². The van der Waals surface area contributed by atoms with Crippen molar-refractivity contribution in [3.05, 3.63) is 43.8 Å². The summed E-state index contributed by atoms with van der Waals surface area (Å²) in [6.07, 6.45) is 0.916. The monoisotopic (exact) mass is 265 g/mol. The van der Waals surface area contributed by atoms with Crippen LogP contribution in [0.5, 0.6) is 0 Å². The van der Waals surface area contributed by atoms with Crippen LogP contribution in [0.3, 0.4) is 0 Å². The van der Waals surface area contributed by atoms with Crippen molar-refractivity contribution in [3.8, 4) is 0 Å². The quantitative estimate of drug-likeness (QED) is 0.902. The van der Waals surface area contributed by atoms with Crippen molar-refractivity contribution < 1.29 is 4.79 Å². The van der Waals surface area contributed by atoms with Crippen LogP contribution in [0.1, 0.15) is 25.7 Å². The molecule has 2 rings (SSSR count). The minimum atomic E-state index is 0.0479. The van der Waals surface area contributed by atoms with E-state index >= 15 is 0 Å². The van der Waals surface area contributed by atoms with Crippen molar-refractivity contribution in [2.24, 2.45) is 0 Å². The number of nitrogens with one attached hydrogen (secondary N) is 1. The Morgan fingerprint density at radius 2 is 1.88 bits per heavy atom. The average molecular weight is 265 g/mol. The summed E-state index contributed by atoms with van der Waals surface area (Å²) in [6.45, 7) is 4.78. The van der Waals surface area contributed by atoms with E-state index in [0.717, 1.165) is 16.9 Å². The topological polar surface area (TPSA) is 29.1 Å². The molecule has 0 aliphatic rings. The highest BCUT2D eigenvalue weighted by Crippen LogP contribution is 2.17. The van der Waals surface area contributed by atoms with Gasteiger partial charge in [-0.25, -0.2) is 0 Å². The van der Waals surface area contributed by atoms with Crippen LogP contribution in [-0.2, 0) is 6.42 Å². The first-order valence-corrected chi connectivity index (χ1v) is 7.29. The second kappa shape index (κ2) is 5.47. The molecule has 0 saturated carbocycles. The van der Waals surface area contributed by atoms with Gasteiger partial charge in [-0.2, -0.15) is 0 Å². The Labute approximate surface area is 109 Å². The molecular formula is C13H15NOS2. The predicted molar refractivity (Wildman–Crippen MR) is 74.1 cm³/mol. The molecule has 0 aromatic carbocycles. The second-order valence-corrected chi connectivity index (χ2v) is 5.88. The molecule has 17 heavy (non-hydrogen) atoms. The zero-order chi connectivity index (χ0) is 12.3. The van der Waals surface area contributed by atoms with Gasteiger partial charge < -0.3 is 5.32 Å². The van der Waals surface area contributed by atoms with Crippen LogP contribution in [0.4, 0.5) is 0 Å². The number of thiophene rings is 2. The van der Waals surface area contributed by atoms with Crippen LogP contribution in [0, 0.1) is 13.8 Å². The Kier molecular flexibility index (Phi) is 3.97. The molecule has 0 saturated heterocycles. The Hall–Kier alpha value is -1.13. The number of carbonyl (C=O) groups is 1. The predicted octanol–water partition coefficient (Wildman–Crippen LogP) is 3.40. The Bertz CT molecular complexity index is 513. The fourth-order valence-electron chi connectivity index (χ4n) is 1.64. The van der Waals surface area contributed by atoms with Crippen LogP contribution in [0.25, 0.3) is 0 Å². The highest BCUT2D eigenvalue weighted by atomic mass is 32.1. The SMILES string of the molecule is Cc1ccsc1CCNC(=O)c1sccc1C. The maximum atomic E-state index is 11.8. The smallest absolute Gasteiger partial charge is 0.261 e. The standard InChI is InChI=1S/C13H15NOS2/c1-9-4-7-16-11(9)3-6-14-13(15)12-10(2)5-8-17-12/h4-5,7-8H,3,6H2,1-2H3,(H,14,15). The van der Waals surface area contributed by atoms with Crippen molar-refractivity contribution >= 4 is 28.6 Å². The molecule has 90 valence electrons. The minimum Gasteiger partial charge on any atom is -0.351 e. The van der Waals surface area contributed by atoms with E-state index in [4.69, 9.17) is 0 Å². The first kappa shape index (κ1) is 12.3. The van der Waals surface area contributed by atoms with Gasteiger partial charge in [0.05, 0.1) is 4.88 Å². The van der Waals surface area contributed by atoms with E-state index in [1.807, 2.05) is 18.4 Å². The normalized spacial score (nSPS) is 10.5. The first-order valence-electron chi connectivity index (χ1n) is 5.53. The molecule has 2 aromatic heterocycles. The third-order valence-corrected chi connectivity index (χ3v) is 4.77. The first-order chi connectivity index (χ1) is 8.18. The van der Waals surface area contributed by atoms with Crippen LogP contribution < -0.4 is 5.32 Å². The zero-order valence-electron chi connectivity index (χ0n) is 9.95. The molecule has 2 heterocycles. The molecule has 0 aliphatic heterocycles. The number of hydrogen-bond donors (Lipinski definition) is 1. The van der Waals surface area contributed by atoms with Crippen molar-refractivity contribution in [1.29, 1.82) is 0 Å². The Morgan fingerprint density at radius 1 is 1.18 bits per heavy atom. The summed E-state index contributed by atoms with van der Waals surface area (Å²) in [7, 11) is 0. The Balaban J connectivity index is 1.86. The molecule has 0 atom stereocenters. The van der Waals surface area contributed by atoms with Crippen molar-refractivity contribution in [2.75, 3.05) is 6.54 Å². The summed E-state index contributed by atoms with van der Waals surface area (Å²) in [5.74, 6) is 0.0479. The lowest BCUT2D eigenvalue weighted by atomic mass is 10.2. The fourth-order valence-corrected chi connectivity index (χ4v) is 3.39. The third kappa shape index (κ3) is 2.96. The van der Waals surface area contributed by atoms with Gasteiger partial charge in [-0.15, -0.1) is 22.7 Å². The summed E-state index contributed by atoms with van der Waals surface area (Å²) in [4.78, 5) is 14.0. The van der Waals surface area contributed by atoms with Gasteiger partial charge in [0.25, 0.3) is 5.91 Å². The molecule has 2 aromatic rings. The molecule has 2 nitrogen and oxygen atoms in total. The van der Waals surface area contributed by atoms with E-state index in [0.29, 0.717) is 6.54 Å². The lowest BCUT2D eigenvalue weighted by Gasteiger charge is -2.04. The molecule has 0 aliphatic carbocycles. The van der Waals surface area contributed by atoms with Crippen molar-refractivity contribution in [2.45, 2.75) is 20.3 Å². The van der Waals surface area contributed by atoms with E-state index in [9.17, 15) is 4.79 Å². The third-order valence-electron chi connectivity index (χ3n) is 2.67. The summed E-state index contributed by atoms with van der Waals surface area (Å²) >= 11 is 3.25. The van der Waals surface area contributed by atoms with Gasteiger partial charge in [0.1, 0.15) is 0 Å². The highest BCUT2D eigenvalue weighted by Gasteiger charge is 2.09. The van der Waals surface area contributed by atoms with Crippen LogP contribution in [0.2, 0.25) is 0 Å². The largest absolute Gasteiger partial charge is 0.351 e. The molecule has 0 bridgehead atoms. The van der Waals surface area contributed by atoms with E-state index in [2.05, 4.69) is 23.7 Å². The number of rotatable bonds is 4. The average Bonchev–Trinajstić information content (AvgIpc) is 2.88. The summed E-state index contributed by atoms with van der Waals surface area (Å²) in [5, 5.41) is 7.01. The van der Waals surface area contributed by atoms with Gasteiger partial charge in [0.2, 0.25) is 0 Å². The second-order valence-electron chi connectivity index (χ2n) is 3.97. The van der Waals surface area contributed by atoms with Gasteiger partial charge in [0, 0.05) is 11.4 Å². The molecule has 1 N–H and O–H groups in total. The van der Waals surface area contributed by atoms with E-state index in [-0.39, 0.29) is 5.91 Å². The molecular weight excluding hydrogens is 250 g/mol. The number of carbonyl (C=O) groups excluding carboxylic acids is 1. The van der Waals surface area contributed by atoms with Crippen LogP contribution >= 0.6 is 22.7 Å². The number of amides is 1. The molecule has 0 unspecified atom stereocenters. The van der Waals surface area contributed by atoms with Crippen LogP contribution in [-0.4, -0.2) is 12.5 Å². The summed E-state index contributed by atoms with van der Waals surface area (Å²) in [6, 6.07) is 4.09. The van der Waals surface area contributed by atoms with E-state index in [1.54, 1.807) is 11.3 Å². The van der Waals surface area contributed by atoms with E-state index < -0.39 is 0 Å². The lowest BCUT2D eigenvalue weighted by molar-refractivity contribution is 0.0957. The van der Waals surface area contributed by atoms with Gasteiger partial charge in [-0.1, -0.05) is 0 Å². The van der Waals surface area contributed by atoms with Crippen molar-refractivity contribution in [3.63, 3.8) is 0 Å². The molecule has 0 spiro atoms. The van der Waals surface area contributed by atoms with Gasteiger partial charge >= 0.3 is 0 Å². The fraction of sp³-hybridized carbons (Fsp3) is 0.308. The minimum absolute atomic E-state index is 0.0479. The molecule has 1 amide bonds. The number of aryl methyl sites for hydroxylation is 2. The lowest BCUT2D eigenvalue weighted by Crippen LogP contribution is -2.25. The molecule has 4 heteroatoms. The van der Waals surface area contributed by atoms with Crippen molar-refractivity contribution in [1.82, 2.24) is 5.32 Å². The Morgan fingerprint density at radius 3 is 2.47 bits per heavy atom. The zero-order valence-corrected chi connectivity index (χ0v) is 11.6. The van der Waals surface area contributed by atoms with Gasteiger partial charge in [-0.05, 0) is 54.3 Å². The van der Waals surface area contributed by atoms with Gasteiger partial charge in [0.15, 0.2) is 0 Å². The summed E-state index contributed by atoms with van der Waals surface area (Å²) < 4.78 is 0. The van der Waals surface area contributed by atoms with Gasteiger partial charge in [-0.3, -0.25) is 4.79 Å². The maximum absolute atomic E-state index is 11.8. The van der Waals surface area contributed by atoms with E-state index in [1.165, 1.54) is 21.8 Å². The molecule has 0 radical (unpaired) electrons.